The van der Waals surface area contributed by atoms with Crippen LogP contribution in [0.5, 0.6) is 0 Å². The fourth-order valence-corrected chi connectivity index (χ4v) is 8.51. The number of hydrogen-bond acceptors (Lipinski definition) is 3. The lowest BCUT2D eigenvalue weighted by Gasteiger charge is -2.62. The van der Waals surface area contributed by atoms with E-state index in [4.69, 9.17) is 0 Å². The highest BCUT2D eigenvalue weighted by atomic mass is 16.3. The van der Waals surface area contributed by atoms with Crippen molar-refractivity contribution in [2.75, 3.05) is 14.1 Å². The molecule has 0 aromatic heterocycles. The van der Waals surface area contributed by atoms with E-state index in [1.165, 1.54) is 32.1 Å². The highest BCUT2D eigenvalue weighted by Crippen LogP contribution is 2.67. The van der Waals surface area contributed by atoms with Gasteiger partial charge in [0.05, 0.1) is 12.2 Å². The Bertz CT molecular complexity index is 536. The average molecular weight is 364 g/mol. The Morgan fingerprint density at radius 1 is 0.808 bits per heavy atom. The molecule has 10 atom stereocenters. The second-order valence-corrected chi connectivity index (χ2v) is 11.1. The van der Waals surface area contributed by atoms with Gasteiger partial charge in [0.2, 0.25) is 0 Å². The van der Waals surface area contributed by atoms with E-state index in [-0.39, 0.29) is 5.41 Å². The highest BCUT2D eigenvalue weighted by Gasteiger charge is 2.62. The summed E-state index contributed by atoms with van der Waals surface area (Å²) >= 11 is 0. The van der Waals surface area contributed by atoms with Crippen molar-refractivity contribution in [2.45, 2.75) is 90.4 Å². The quantitative estimate of drug-likeness (QED) is 0.781. The van der Waals surface area contributed by atoms with Crippen LogP contribution in [0.25, 0.3) is 0 Å². The first kappa shape index (κ1) is 19.2. The van der Waals surface area contributed by atoms with Crippen LogP contribution < -0.4 is 0 Å². The van der Waals surface area contributed by atoms with Crippen LogP contribution in [0.1, 0.15) is 72.1 Å². The lowest BCUT2D eigenvalue weighted by molar-refractivity contribution is -0.174. The van der Waals surface area contributed by atoms with Gasteiger partial charge >= 0.3 is 0 Å². The Hall–Kier alpha value is -0.120. The summed E-state index contributed by atoms with van der Waals surface area (Å²) in [5.41, 5.74) is 0.745. The van der Waals surface area contributed by atoms with Gasteiger partial charge in [-0.2, -0.15) is 0 Å². The molecule has 0 spiro atoms. The van der Waals surface area contributed by atoms with E-state index in [0.717, 1.165) is 42.9 Å². The summed E-state index contributed by atoms with van der Waals surface area (Å²) in [6, 6.07) is 0.667. The minimum atomic E-state index is -0.493. The molecule has 0 bridgehead atoms. The van der Waals surface area contributed by atoms with E-state index >= 15 is 0 Å². The van der Waals surface area contributed by atoms with Crippen molar-refractivity contribution in [1.82, 2.24) is 4.90 Å². The summed E-state index contributed by atoms with van der Waals surface area (Å²) in [7, 11) is 4.49. The molecule has 4 aliphatic carbocycles. The Balaban J connectivity index is 1.59. The SMILES string of the molecule is C[C@@H]([C@H]1CC[C@H]2[C@@H]3CC[C@H]4[C@H](O)[C@@H](O)CC[C@]4(C)[C@H]3CC[C@]12C)N(C)C. The zero-order valence-electron chi connectivity index (χ0n) is 17.6. The van der Waals surface area contributed by atoms with Gasteiger partial charge < -0.3 is 15.1 Å². The molecule has 2 N–H and O–H groups in total. The fraction of sp³-hybridized carbons (Fsp3) is 1.00. The van der Waals surface area contributed by atoms with Gasteiger partial charge in [-0.05, 0) is 113 Å². The lowest BCUT2D eigenvalue weighted by atomic mass is 9.44. The van der Waals surface area contributed by atoms with Gasteiger partial charge in [-0.15, -0.1) is 0 Å². The molecule has 0 aliphatic heterocycles. The summed E-state index contributed by atoms with van der Waals surface area (Å²) in [5, 5.41) is 20.9. The van der Waals surface area contributed by atoms with Crippen molar-refractivity contribution in [3.8, 4) is 0 Å². The summed E-state index contributed by atoms with van der Waals surface area (Å²) in [6.07, 6.45) is 8.82. The maximum absolute atomic E-state index is 10.7. The molecule has 150 valence electrons. The van der Waals surface area contributed by atoms with Gasteiger partial charge in [-0.1, -0.05) is 13.8 Å². The third-order valence-corrected chi connectivity index (χ3v) is 10.2. The number of hydrogen-bond donors (Lipinski definition) is 2. The summed E-state index contributed by atoms with van der Waals surface area (Å²) < 4.78 is 0. The largest absolute Gasteiger partial charge is 0.390 e. The van der Waals surface area contributed by atoms with Gasteiger partial charge in [0.15, 0.2) is 0 Å². The molecular formula is C23H41NO2. The Labute approximate surface area is 160 Å². The summed E-state index contributed by atoms with van der Waals surface area (Å²) in [6.45, 7) is 7.50. The van der Waals surface area contributed by atoms with Crippen LogP contribution in [0.15, 0.2) is 0 Å². The standard InChI is InChI=1S/C23H41NO2/c1-14(24(4)5)16-8-9-17-15-6-7-19-21(26)20(25)11-13-23(19,3)18(15)10-12-22(16,17)2/h14-21,25-26H,6-13H2,1-5H3/t14-,15-,16+,17-,18-,19-,20-,21-,22+,23+/m0/s1. The maximum Gasteiger partial charge on any atom is 0.0832 e. The number of fused-ring (bicyclic) bond motifs is 5. The molecule has 0 aromatic carbocycles. The molecule has 3 nitrogen and oxygen atoms in total. The molecule has 0 radical (unpaired) electrons. The molecule has 0 aromatic rings. The second kappa shape index (κ2) is 6.46. The molecule has 4 rings (SSSR count). The number of rotatable bonds is 2. The molecule has 0 heterocycles. The first-order valence-electron chi connectivity index (χ1n) is 11.2. The summed E-state index contributed by atoms with van der Waals surface area (Å²) in [5.74, 6) is 3.62. The van der Waals surface area contributed by atoms with Crippen molar-refractivity contribution in [1.29, 1.82) is 0 Å². The van der Waals surface area contributed by atoms with Crippen molar-refractivity contribution < 1.29 is 10.2 Å². The topological polar surface area (TPSA) is 43.7 Å². The molecule has 4 fully saturated rings. The molecule has 0 unspecified atom stereocenters. The molecule has 4 aliphatic rings. The minimum absolute atomic E-state index is 0.244. The smallest absolute Gasteiger partial charge is 0.0832 e. The van der Waals surface area contributed by atoms with Gasteiger partial charge in [0, 0.05) is 6.04 Å². The number of nitrogens with zero attached hydrogens (tertiary/aromatic N) is 1. The van der Waals surface area contributed by atoms with Crippen molar-refractivity contribution in [3.63, 3.8) is 0 Å². The van der Waals surface area contributed by atoms with Crippen LogP contribution in [0.3, 0.4) is 0 Å². The van der Waals surface area contributed by atoms with Crippen molar-refractivity contribution in [2.24, 2.45) is 40.4 Å². The highest BCUT2D eigenvalue weighted by molar-refractivity contribution is 5.11. The average Bonchev–Trinajstić information content (AvgIpc) is 2.95. The van der Waals surface area contributed by atoms with Crippen LogP contribution in [-0.4, -0.2) is 47.5 Å². The molecular weight excluding hydrogens is 322 g/mol. The van der Waals surface area contributed by atoms with Crippen LogP contribution in [0, 0.1) is 40.4 Å². The molecule has 26 heavy (non-hydrogen) atoms. The second-order valence-electron chi connectivity index (χ2n) is 11.1. The zero-order chi connectivity index (χ0) is 18.9. The number of aliphatic hydroxyl groups excluding tert-OH is 2. The molecule has 0 amide bonds. The predicted molar refractivity (Wildman–Crippen MR) is 106 cm³/mol. The van der Waals surface area contributed by atoms with E-state index in [0.29, 0.717) is 17.4 Å². The van der Waals surface area contributed by atoms with Gasteiger partial charge in [0.1, 0.15) is 0 Å². The third-order valence-electron chi connectivity index (χ3n) is 10.2. The molecule has 4 saturated carbocycles. The van der Waals surface area contributed by atoms with Gasteiger partial charge in [-0.3, -0.25) is 0 Å². The van der Waals surface area contributed by atoms with E-state index in [1.54, 1.807) is 0 Å². The van der Waals surface area contributed by atoms with Gasteiger partial charge in [0.25, 0.3) is 0 Å². The van der Waals surface area contributed by atoms with E-state index in [9.17, 15) is 10.2 Å². The Morgan fingerprint density at radius 2 is 1.42 bits per heavy atom. The van der Waals surface area contributed by atoms with Gasteiger partial charge in [-0.25, -0.2) is 0 Å². The minimum Gasteiger partial charge on any atom is -0.390 e. The van der Waals surface area contributed by atoms with Crippen molar-refractivity contribution in [3.05, 3.63) is 0 Å². The summed E-state index contributed by atoms with van der Waals surface area (Å²) in [4.78, 5) is 2.43. The maximum atomic E-state index is 10.7. The van der Waals surface area contributed by atoms with Crippen LogP contribution >= 0.6 is 0 Å². The Morgan fingerprint density at radius 3 is 2.12 bits per heavy atom. The fourth-order valence-electron chi connectivity index (χ4n) is 8.51. The monoisotopic (exact) mass is 363 g/mol. The first-order chi connectivity index (χ1) is 12.2. The predicted octanol–water partition coefficient (Wildman–Crippen LogP) is 3.93. The third kappa shape index (κ3) is 2.56. The zero-order valence-corrected chi connectivity index (χ0v) is 17.6. The number of aliphatic hydroxyl groups is 2. The van der Waals surface area contributed by atoms with Crippen molar-refractivity contribution >= 4 is 0 Å². The lowest BCUT2D eigenvalue weighted by Crippen LogP contribution is -2.58. The molecule has 0 saturated heterocycles. The van der Waals surface area contributed by atoms with E-state index in [1.807, 2.05) is 0 Å². The normalized spacial score (nSPS) is 55.2. The van der Waals surface area contributed by atoms with Crippen LogP contribution in [-0.2, 0) is 0 Å². The van der Waals surface area contributed by atoms with Crippen LogP contribution in [0.2, 0.25) is 0 Å². The van der Waals surface area contributed by atoms with E-state index < -0.39 is 12.2 Å². The van der Waals surface area contributed by atoms with Crippen LogP contribution in [0.4, 0.5) is 0 Å². The van der Waals surface area contributed by atoms with E-state index in [2.05, 4.69) is 39.8 Å². The Kier molecular flexibility index (Phi) is 4.77. The molecule has 3 heteroatoms. The first-order valence-corrected chi connectivity index (χ1v) is 11.2.